The van der Waals surface area contributed by atoms with Crippen LogP contribution >= 0.6 is 0 Å². The number of aromatic nitrogens is 1. The maximum Gasteiger partial charge on any atom is 0.410 e. The summed E-state index contributed by atoms with van der Waals surface area (Å²) in [7, 11) is 0. The maximum atomic E-state index is 12.7. The summed E-state index contributed by atoms with van der Waals surface area (Å²) in [6, 6.07) is 0.466. The van der Waals surface area contributed by atoms with E-state index in [2.05, 4.69) is 12.1 Å². The minimum atomic E-state index is -0.454. The van der Waals surface area contributed by atoms with Crippen LogP contribution in [0.4, 0.5) is 4.79 Å². The number of hydrogen-bond donors (Lipinski definition) is 0. The van der Waals surface area contributed by atoms with Crippen LogP contribution in [0.3, 0.4) is 0 Å². The normalized spacial score (nSPS) is 32.9. The number of nitrogens with zero attached hydrogens (tertiary/aromatic N) is 2. The Bertz CT molecular complexity index is 810. The molecule has 178 valence electrons. The highest BCUT2D eigenvalue weighted by molar-refractivity contribution is 5.69. The van der Waals surface area contributed by atoms with Gasteiger partial charge in [-0.15, -0.1) is 0 Å². The average Bonchev–Trinajstić information content (AvgIpc) is 3.42. The van der Waals surface area contributed by atoms with Gasteiger partial charge in [-0.05, 0) is 71.6 Å². The van der Waals surface area contributed by atoms with E-state index in [0.717, 1.165) is 31.4 Å². The van der Waals surface area contributed by atoms with Crippen molar-refractivity contribution in [2.75, 3.05) is 0 Å². The van der Waals surface area contributed by atoms with E-state index in [1.807, 2.05) is 25.7 Å². The van der Waals surface area contributed by atoms with E-state index in [4.69, 9.17) is 14.0 Å². The van der Waals surface area contributed by atoms with Gasteiger partial charge in [0.2, 0.25) is 0 Å². The van der Waals surface area contributed by atoms with Gasteiger partial charge < -0.3 is 18.9 Å². The van der Waals surface area contributed by atoms with E-state index in [1.165, 1.54) is 49.8 Å². The largest absolute Gasteiger partial charge is 0.444 e. The van der Waals surface area contributed by atoms with Gasteiger partial charge in [-0.1, -0.05) is 31.3 Å². The van der Waals surface area contributed by atoms with E-state index in [-0.39, 0.29) is 24.3 Å². The minimum absolute atomic E-state index is 0.160. The number of fused-ring (bicyclic) bond motifs is 2. The number of hydrogen-bond acceptors (Lipinski definition) is 5. The lowest BCUT2D eigenvalue weighted by Gasteiger charge is -2.39. The Kier molecular flexibility index (Phi) is 6.02. The highest BCUT2D eigenvalue weighted by Gasteiger charge is 2.45. The predicted octanol–water partition coefficient (Wildman–Crippen LogP) is 6.29. The van der Waals surface area contributed by atoms with Crippen LogP contribution in [0.5, 0.6) is 0 Å². The van der Waals surface area contributed by atoms with Crippen molar-refractivity contribution in [2.24, 2.45) is 5.92 Å². The fourth-order valence-corrected chi connectivity index (χ4v) is 6.24. The van der Waals surface area contributed by atoms with Crippen LogP contribution in [0.15, 0.2) is 4.52 Å². The molecule has 2 aliphatic heterocycles. The van der Waals surface area contributed by atoms with Crippen molar-refractivity contribution in [3.8, 4) is 0 Å². The lowest BCUT2D eigenvalue weighted by molar-refractivity contribution is -0.0401. The van der Waals surface area contributed by atoms with Gasteiger partial charge in [0.25, 0.3) is 0 Å². The molecule has 2 saturated carbocycles. The molecule has 1 aromatic rings. The van der Waals surface area contributed by atoms with Crippen LogP contribution in [0.2, 0.25) is 0 Å². The third-order valence-corrected chi connectivity index (χ3v) is 8.02. The minimum Gasteiger partial charge on any atom is -0.444 e. The van der Waals surface area contributed by atoms with Crippen molar-refractivity contribution in [1.82, 2.24) is 10.1 Å². The Morgan fingerprint density at radius 2 is 1.75 bits per heavy atom. The number of carbonyl (C=O) groups excluding carboxylic acids is 1. The van der Waals surface area contributed by atoms with E-state index >= 15 is 0 Å². The molecule has 4 unspecified atom stereocenters. The molecule has 0 aromatic carbocycles. The van der Waals surface area contributed by atoms with Crippen molar-refractivity contribution >= 4 is 6.09 Å². The van der Waals surface area contributed by atoms with Crippen LogP contribution in [-0.2, 0) is 16.1 Å². The van der Waals surface area contributed by atoms with Crippen LogP contribution in [-0.4, -0.2) is 39.9 Å². The molecular formula is C26H40N2O4. The molecule has 4 fully saturated rings. The standard InChI is InChI=1S/C26H40N2O4/c1-16-7-5-6-8-21(16)23-22(24(32-27-23)17-9-10-17)15-30-20-13-18-11-12-19(14-20)28(18)25(29)31-26(2,3)4/h16-21H,5-15H2,1-4H3/t16?,18-,19?,20?,21?/m0/s1. The summed E-state index contributed by atoms with van der Waals surface area (Å²) >= 11 is 0. The molecule has 2 bridgehead atoms. The zero-order valence-electron chi connectivity index (χ0n) is 20.3. The van der Waals surface area contributed by atoms with Gasteiger partial charge in [-0.25, -0.2) is 4.79 Å². The van der Waals surface area contributed by atoms with Gasteiger partial charge >= 0.3 is 6.09 Å². The summed E-state index contributed by atoms with van der Waals surface area (Å²) in [5.41, 5.74) is 1.96. The molecule has 5 atom stereocenters. The summed E-state index contributed by atoms with van der Waals surface area (Å²) in [5.74, 6) is 2.79. The van der Waals surface area contributed by atoms with Crippen LogP contribution in [0.25, 0.3) is 0 Å². The highest BCUT2D eigenvalue weighted by Crippen LogP contribution is 2.46. The van der Waals surface area contributed by atoms with Crippen molar-refractivity contribution in [2.45, 2.75) is 134 Å². The first kappa shape index (κ1) is 22.2. The molecule has 0 N–H and O–H groups in total. The third-order valence-electron chi connectivity index (χ3n) is 8.02. The molecule has 5 rings (SSSR count). The zero-order valence-corrected chi connectivity index (χ0v) is 20.3. The molecule has 6 nitrogen and oxygen atoms in total. The Hall–Kier alpha value is -1.56. The summed E-state index contributed by atoms with van der Waals surface area (Å²) in [6.07, 6.45) is 11.4. The van der Waals surface area contributed by atoms with E-state index < -0.39 is 5.60 Å². The van der Waals surface area contributed by atoms with Crippen LogP contribution in [0.1, 0.15) is 121 Å². The first-order valence-electron chi connectivity index (χ1n) is 12.9. The zero-order chi connectivity index (χ0) is 22.5. The smallest absolute Gasteiger partial charge is 0.410 e. The molecular weight excluding hydrogens is 404 g/mol. The number of piperidine rings is 1. The molecule has 1 aromatic heterocycles. The lowest BCUT2D eigenvalue weighted by Crippen LogP contribution is -2.50. The Balaban J connectivity index is 1.25. The third kappa shape index (κ3) is 4.57. The number of ether oxygens (including phenoxy) is 2. The quantitative estimate of drug-likeness (QED) is 0.534. The second-order valence-corrected chi connectivity index (χ2v) is 11.7. The average molecular weight is 445 g/mol. The SMILES string of the molecule is CC1CCCCC1c1noc(C2CC2)c1COC1CC2CC[C@@H](C1)N2C(=O)OC(C)(C)C. The number of carbonyl (C=O) groups is 1. The Labute approximate surface area is 192 Å². The van der Waals surface area contributed by atoms with Crippen molar-refractivity contribution in [1.29, 1.82) is 0 Å². The van der Waals surface area contributed by atoms with Gasteiger partial charge in [0.05, 0.1) is 18.4 Å². The monoisotopic (exact) mass is 444 g/mol. The first-order valence-corrected chi connectivity index (χ1v) is 12.9. The van der Waals surface area contributed by atoms with E-state index in [1.54, 1.807) is 0 Å². The molecule has 2 saturated heterocycles. The molecule has 6 heteroatoms. The van der Waals surface area contributed by atoms with E-state index in [0.29, 0.717) is 24.4 Å². The molecule has 0 radical (unpaired) electrons. The summed E-state index contributed by atoms with van der Waals surface area (Å²) in [5, 5.41) is 4.60. The summed E-state index contributed by atoms with van der Waals surface area (Å²) < 4.78 is 18.1. The molecule has 4 aliphatic rings. The summed E-state index contributed by atoms with van der Waals surface area (Å²) in [6.45, 7) is 8.77. The Morgan fingerprint density at radius 1 is 1.06 bits per heavy atom. The van der Waals surface area contributed by atoms with Gasteiger partial charge in [-0.2, -0.15) is 0 Å². The molecule has 3 heterocycles. The highest BCUT2D eigenvalue weighted by atomic mass is 16.6. The van der Waals surface area contributed by atoms with Gasteiger partial charge in [0, 0.05) is 29.5 Å². The fraction of sp³-hybridized carbons (Fsp3) is 0.846. The number of amides is 1. The fourth-order valence-electron chi connectivity index (χ4n) is 6.24. The van der Waals surface area contributed by atoms with Crippen LogP contribution in [0, 0.1) is 5.92 Å². The first-order chi connectivity index (χ1) is 15.3. The molecule has 0 spiro atoms. The molecule has 32 heavy (non-hydrogen) atoms. The van der Waals surface area contributed by atoms with Gasteiger partial charge in [-0.3, -0.25) is 0 Å². The molecule has 1 amide bonds. The van der Waals surface area contributed by atoms with Crippen molar-refractivity contribution in [3.63, 3.8) is 0 Å². The van der Waals surface area contributed by atoms with Crippen molar-refractivity contribution < 1.29 is 18.8 Å². The molecule has 2 aliphatic carbocycles. The predicted molar refractivity (Wildman–Crippen MR) is 122 cm³/mol. The number of rotatable bonds is 5. The van der Waals surface area contributed by atoms with Gasteiger partial charge in [0.15, 0.2) is 0 Å². The second-order valence-electron chi connectivity index (χ2n) is 11.7. The topological polar surface area (TPSA) is 64.8 Å². The van der Waals surface area contributed by atoms with Crippen LogP contribution < -0.4 is 0 Å². The van der Waals surface area contributed by atoms with E-state index in [9.17, 15) is 4.79 Å². The maximum absolute atomic E-state index is 12.7. The second kappa shape index (κ2) is 8.66. The lowest BCUT2D eigenvalue weighted by atomic mass is 9.77. The van der Waals surface area contributed by atoms with Gasteiger partial charge in [0.1, 0.15) is 11.4 Å². The summed E-state index contributed by atoms with van der Waals surface area (Å²) in [4.78, 5) is 14.7. The Morgan fingerprint density at radius 3 is 2.38 bits per heavy atom. The van der Waals surface area contributed by atoms with Crippen molar-refractivity contribution in [3.05, 3.63) is 17.0 Å².